The van der Waals surface area contributed by atoms with Crippen molar-refractivity contribution < 1.29 is 23.5 Å². The van der Waals surface area contributed by atoms with Crippen LogP contribution < -0.4 is 10.1 Å². The summed E-state index contributed by atoms with van der Waals surface area (Å²) in [6.45, 7) is 6.59. The first-order valence-electron chi connectivity index (χ1n) is 13.2. The van der Waals surface area contributed by atoms with Gasteiger partial charge in [-0.1, -0.05) is 36.4 Å². The predicted octanol–water partition coefficient (Wildman–Crippen LogP) is 5.16. The van der Waals surface area contributed by atoms with Gasteiger partial charge < -0.3 is 19.7 Å². The van der Waals surface area contributed by atoms with Crippen molar-refractivity contribution in [2.24, 2.45) is 0 Å². The average Bonchev–Trinajstić information content (AvgIpc) is 3.35. The van der Waals surface area contributed by atoms with Crippen LogP contribution in [-0.4, -0.2) is 60.7 Å². The predicted molar refractivity (Wildman–Crippen MR) is 150 cm³/mol. The third-order valence-corrected chi connectivity index (χ3v) is 6.93. The second-order valence-corrected chi connectivity index (χ2v) is 11.0. The maximum absolute atomic E-state index is 14.1. The highest BCUT2D eigenvalue weighted by Gasteiger charge is 2.36. The van der Waals surface area contributed by atoms with E-state index in [1.54, 1.807) is 50.9 Å². The van der Waals surface area contributed by atoms with Crippen LogP contribution in [0.1, 0.15) is 49.9 Å². The van der Waals surface area contributed by atoms with Gasteiger partial charge in [0.05, 0.1) is 12.7 Å². The first-order chi connectivity index (χ1) is 19.0. The number of hydrogen-bond donors (Lipinski definition) is 1. The first-order valence-corrected chi connectivity index (χ1v) is 13.2. The van der Waals surface area contributed by atoms with Crippen molar-refractivity contribution in [2.75, 3.05) is 27.2 Å². The SMILES string of the molecule is COc1c(C#N)cc2ccccc2c1CN(C)C(=O)C(c1ccc(F)cc1)N1CC[C@@H](NC(=O)OC(C)(C)C)C1. The lowest BCUT2D eigenvalue weighted by Gasteiger charge is -2.31. The Morgan fingerprint density at radius 2 is 1.90 bits per heavy atom. The number of nitriles is 1. The summed E-state index contributed by atoms with van der Waals surface area (Å²) in [4.78, 5) is 30.1. The zero-order valence-electron chi connectivity index (χ0n) is 23.5. The fourth-order valence-corrected chi connectivity index (χ4v) is 5.17. The van der Waals surface area contributed by atoms with E-state index in [1.165, 1.54) is 19.2 Å². The molecule has 1 aliphatic rings. The standard InChI is InChI=1S/C31H35FN4O4/c1-31(2,3)40-30(38)34-24-14-15-36(18-24)27(20-10-12-23(32)13-11-20)29(37)35(4)19-26-25-9-7-6-8-21(25)16-22(17-33)28(26)39-5/h6-13,16,24,27H,14-15,18-19H2,1-5H3,(H,34,38)/t24-,27?/m1/s1. The monoisotopic (exact) mass is 546 g/mol. The number of hydrogen-bond acceptors (Lipinski definition) is 6. The number of rotatable bonds is 7. The fourth-order valence-electron chi connectivity index (χ4n) is 5.17. The van der Waals surface area contributed by atoms with E-state index in [2.05, 4.69) is 11.4 Å². The number of carbonyl (C=O) groups is 2. The molecule has 0 aliphatic carbocycles. The van der Waals surface area contributed by atoms with E-state index >= 15 is 0 Å². The van der Waals surface area contributed by atoms with Crippen LogP contribution in [0.4, 0.5) is 9.18 Å². The zero-order chi connectivity index (χ0) is 29.0. The molecule has 1 fully saturated rings. The second-order valence-electron chi connectivity index (χ2n) is 11.0. The van der Waals surface area contributed by atoms with Crippen LogP contribution in [0.5, 0.6) is 5.75 Å². The lowest BCUT2D eigenvalue weighted by atomic mass is 9.98. The van der Waals surface area contributed by atoms with E-state index in [0.717, 1.165) is 16.3 Å². The molecule has 1 unspecified atom stereocenters. The first kappa shape index (κ1) is 28.8. The molecule has 1 heterocycles. The Kier molecular flexibility index (Phi) is 8.60. The maximum atomic E-state index is 14.1. The van der Waals surface area contributed by atoms with Gasteiger partial charge in [0.15, 0.2) is 0 Å². The highest BCUT2D eigenvalue weighted by Crippen LogP contribution is 2.34. The number of amides is 2. The minimum Gasteiger partial charge on any atom is -0.495 e. The van der Waals surface area contributed by atoms with Crippen molar-refractivity contribution in [1.82, 2.24) is 15.1 Å². The molecule has 0 spiro atoms. The van der Waals surface area contributed by atoms with Crippen LogP contribution >= 0.6 is 0 Å². The number of likely N-dealkylation sites (tertiary alicyclic amines) is 1. The van der Waals surface area contributed by atoms with Crippen molar-refractivity contribution in [3.8, 4) is 11.8 Å². The summed E-state index contributed by atoms with van der Waals surface area (Å²) in [6.07, 6.45) is 0.133. The molecule has 2 amide bonds. The number of carbonyl (C=O) groups excluding carboxylic acids is 2. The van der Waals surface area contributed by atoms with Gasteiger partial charge in [-0.3, -0.25) is 9.69 Å². The quantitative estimate of drug-likeness (QED) is 0.440. The van der Waals surface area contributed by atoms with Gasteiger partial charge in [0.25, 0.3) is 0 Å². The van der Waals surface area contributed by atoms with Gasteiger partial charge in [0, 0.05) is 38.3 Å². The molecular formula is C31H35FN4O4. The van der Waals surface area contributed by atoms with Crippen LogP contribution in [0.3, 0.4) is 0 Å². The van der Waals surface area contributed by atoms with E-state index in [9.17, 15) is 19.2 Å². The van der Waals surface area contributed by atoms with Crippen LogP contribution in [0.15, 0.2) is 54.6 Å². The Bertz CT molecular complexity index is 1430. The number of likely N-dealkylation sites (N-methyl/N-ethyl adjacent to an activating group) is 1. The lowest BCUT2D eigenvalue weighted by Crippen LogP contribution is -2.43. The van der Waals surface area contributed by atoms with Crippen LogP contribution in [0, 0.1) is 17.1 Å². The third kappa shape index (κ3) is 6.52. The number of halogens is 1. The summed E-state index contributed by atoms with van der Waals surface area (Å²) in [7, 11) is 3.22. The molecule has 1 saturated heterocycles. The van der Waals surface area contributed by atoms with Gasteiger partial charge in [0.1, 0.15) is 29.3 Å². The lowest BCUT2D eigenvalue weighted by molar-refractivity contribution is -0.136. The van der Waals surface area contributed by atoms with E-state index in [1.807, 2.05) is 29.2 Å². The third-order valence-electron chi connectivity index (χ3n) is 6.93. The van der Waals surface area contributed by atoms with Crippen molar-refractivity contribution in [3.05, 3.63) is 77.1 Å². The molecule has 0 saturated carbocycles. The molecule has 8 nitrogen and oxygen atoms in total. The van der Waals surface area contributed by atoms with Gasteiger partial charge >= 0.3 is 6.09 Å². The van der Waals surface area contributed by atoms with Crippen LogP contribution in [0.25, 0.3) is 10.8 Å². The number of alkyl carbamates (subject to hydrolysis) is 1. The smallest absolute Gasteiger partial charge is 0.407 e. The fraction of sp³-hybridized carbons (Fsp3) is 0.387. The summed E-state index contributed by atoms with van der Waals surface area (Å²) < 4.78 is 24.8. The normalized spacial score (nSPS) is 16.3. The summed E-state index contributed by atoms with van der Waals surface area (Å²) in [5, 5.41) is 14.4. The number of nitrogens with zero attached hydrogens (tertiary/aromatic N) is 3. The Hall–Kier alpha value is -4.16. The molecule has 1 aliphatic heterocycles. The molecule has 40 heavy (non-hydrogen) atoms. The Morgan fingerprint density at radius 3 is 2.55 bits per heavy atom. The van der Waals surface area contributed by atoms with E-state index in [0.29, 0.717) is 36.4 Å². The molecule has 2 atom stereocenters. The summed E-state index contributed by atoms with van der Waals surface area (Å²) in [6, 6.07) is 16.7. The van der Waals surface area contributed by atoms with Crippen molar-refractivity contribution in [1.29, 1.82) is 5.26 Å². The molecule has 0 aromatic heterocycles. The Morgan fingerprint density at radius 1 is 1.20 bits per heavy atom. The summed E-state index contributed by atoms with van der Waals surface area (Å²) >= 11 is 0. The molecule has 9 heteroatoms. The molecule has 0 bridgehead atoms. The number of benzene rings is 3. The van der Waals surface area contributed by atoms with Gasteiger partial charge in [-0.05, 0) is 61.7 Å². The van der Waals surface area contributed by atoms with Crippen LogP contribution in [0.2, 0.25) is 0 Å². The molecule has 3 aromatic carbocycles. The Balaban J connectivity index is 1.62. The largest absolute Gasteiger partial charge is 0.495 e. The van der Waals surface area contributed by atoms with Gasteiger partial charge in [-0.2, -0.15) is 5.26 Å². The highest BCUT2D eigenvalue weighted by atomic mass is 19.1. The number of ether oxygens (including phenoxy) is 2. The van der Waals surface area contributed by atoms with Crippen LogP contribution in [-0.2, 0) is 16.1 Å². The van der Waals surface area contributed by atoms with Crippen molar-refractivity contribution in [2.45, 2.75) is 51.4 Å². The van der Waals surface area contributed by atoms with Crippen molar-refractivity contribution in [3.63, 3.8) is 0 Å². The molecule has 4 rings (SSSR count). The number of methoxy groups -OCH3 is 1. The molecule has 1 N–H and O–H groups in total. The summed E-state index contributed by atoms with van der Waals surface area (Å²) in [5.74, 6) is -0.154. The van der Waals surface area contributed by atoms with Gasteiger partial charge in [-0.15, -0.1) is 0 Å². The second kappa shape index (κ2) is 11.9. The number of fused-ring (bicyclic) bond motifs is 1. The van der Waals surface area contributed by atoms with E-state index in [4.69, 9.17) is 9.47 Å². The molecule has 210 valence electrons. The molecule has 3 aromatic rings. The number of nitrogens with one attached hydrogen (secondary N) is 1. The Labute approximate surface area is 234 Å². The minimum absolute atomic E-state index is 0.196. The van der Waals surface area contributed by atoms with Gasteiger partial charge in [0.2, 0.25) is 5.91 Å². The highest BCUT2D eigenvalue weighted by molar-refractivity contribution is 5.91. The zero-order valence-corrected chi connectivity index (χ0v) is 23.5. The molecule has 0 radical (unpaired) electrons. The van der Waals surface area contributed by atoms with E-state index < -0.39 is 23.6 Å². The molecular weight excluding hydrogens is 511 g/mol. The maximum Gasteiger partial charge on any atom is 0.407 e. The van der Waals surface area contributed by atoms with Crippen molar-refractivity contribution >= 4 is 22.8 Å². The minimum atomic E-state index is -0.701. The van der Waals surface area contributed by atoms with Gasteiger partial charge in [-0.25, -0.2) is 9.18 Å². The average molecular weight is 547 g/mol. The topological polar surface area (TPSA) is 94.9 Å². The van der Waals surface area contributed by atoms with E-state index in [-0.39, 0.29) is 18.5 Å². The summed E-state index contributed by atoms with van der Waals surface area (Å²) in [5.41, 5.74) is 1.16.